The van der Waals surface area contributed by atoms with Gasteiger partial charge in [0.15, 0.2) is 0 Å². The largest absolute Gasteiger partial charge is 0.481 e. The molecule has 0 aromatic rings. The van der Waals surface area contributed by atoms with E-state index in [2.05, 4.69) is 10.6 Å². The van der Waals surface area contributed by atoms with Gasteiger partial charge in [0.25, 0.3) is 0 Å². The summed E-state index contributed by atoms with van der Waals surface area (Å²) in [7, 11) is 0. The van der Waals surface area contributed by atoms with Gasteiger partial charge < -0.3 is 42.1 Å². The monoisotopic (exact) mass is 448 g/mol. The van der Waals surface area contributed by atoms with Gasteiger partial charge in [-0.1, -0.05) is 0 Å². The highest BCUT2D eigenvalue weighted by Gasteiger charge is 2.31. The zero-order valence-corrected chi connectivity index (χ0v) is 17.0. The van der Waals surface area contributed by atoms with E-state index in [1.807, 2.05) is 5.32 Å². The molecule has 0 saturated carbocycles. The number of carbonyl (C=O) groups is 6. The molecule has 0 heterocycles. The molecule has 0 aliphatic heterocycles. The lowest BCUT2D eigenvalue weighted by Crippen LogP contribution is -2.59. The molecule has 0 saturated heterocycles. The molecule has 0 aromatic carbocycles. The van der Waals surface area contributed by atoms with E-state index in [1.165, 1.54) is 6.92 Å². The van der Waals surface area contributed by atoms with E-state index in [0.717, 1.165) is 6.92 Å². The maximum atomic E-state index is 12.3. The fourth-order valence-electron chi connectivity index (χ4n) is 2.27. The second-order valence-corrected chi connectivity index (χ2v) is 6.83. The van der Waals surface area contributed by atoms with E-state index in [0.29, 0.717) is 0 Å². The Labute approximate surface area is 177 Å². The zero-order valence-electron chi connectivity index (χ0n) is 17.0. The van der Waals surface area contributed by atoms with Crippen LogP contribution in [0.5, 0.6) is 0 Å². The molecule has 14 heteroatoms. The number of amides is 3. The summed E-state index contributed by atoms with van der Waals surface area (Å²) in [4.78, 5) is 68.8. The van der Waals surface area contributed by atoms with Crippen LogP contribution >= 0.6 is 0 Å². The molecule has 0 aromatic heterocycles. The van der Waals surface area contributed by atoms with Gasteiger partial charge >= 0.3 is 17.9 Å². The van der Waals surface area contributed by atoms with E-state index in [4.69, 9.17) is 21.1 Å². The second-order valence-electron chi connectivity index (χ2n) is 6.83. The highest BCUT2D eigenvalue weighted by Crippen LogP contribution is 2.02. The van der Waals surface area contributed by atoms with Gasteiger partial charge in [-0.15, -0.1) is 0 Å². The van der Waals surface area contributed by atoms with Crippen LogP contribution in [0.1, 0.15) is 39.5 Å². The summed E-state index contributed by atoms with van der Waals surface area (Å²) in [6.07, 6.45) is -2.93. The molecule has 3 amide bonds. The van der Waals surface area contributed by atoms with Crippen molar-refractivity contribution in [1.29, 1.82) is 0 Å². The predicted octanol–water partition coefficient (Wildman–Crippen LogP) is -3.02. The van der Waals surface area contributed by atoms with Gasteiger partial charge in [-0.3, -0.25) is 24.0 Å². The quantitative estimate of drug-likeness (QED) is 0.133. The molecular weight excluding hydrogens is 420 g/mol. The van der Waals surface area contributed by atoms with Crippen molar-refractivity contribution in [2.45, 2.75) is 69.8 Å². The third kappa shape index (κ3) is 10.9. The van der Waals surface area contributed by atoms with Crippen LogP contribution in [0.25, 0.3) is 0 Å². The number of carboxylic acid groups (broad SMARTS) is 3. The molecule has 0 radical (unpaired) electrons. The maximum absolute atomic E-state index is 12.3. The molecule has 0 aliphatic carbocycles. The third-order valence-corrected chi connectivity index (χ3v) is 4.08. The van der Waals surface area contributed by atoms with Crippen molar-refractivity contribution < 1.29 is 49.2 Å². The molecule has 31 heavy (non-hydrogen) atoms. The number of carboxylic acids is 3. The number of carbonyl (C=O) groups excluding carboxylic acids is 3. The molecule has 0 bridgehead atoms. The summed E-state index contributed by atoms with van der Waals surface area (Å²) in [5.74, 6) is -6.70. The molecule has 0 spiro atoms. The molecule has 14 nitrogen and oxygen atoms in total. The first kappa shape index (κ1) is 27.7. The van der Waals surface area contributed by atoms with Crippen molar-refractivity contribution >= 4 is 35.6 Å². The summed E-state index contributed by atoms with van der Waals surface area (Å²) in [6.45, 7) is 2.41. The number of nitrogens with two attached hydrogens (primary N) is 1. The van der Waals surface area contributed by atoms with Crippen LogP contribution in [0.15, 0.2) is 0 Å². The second kappa shape index (κ2) is 13.1. The van der Waals surface area contributed by atoms with Crippen LogP contribution in [-0.2, 0) is 28.8 Å². The van der Waals surface area contributed by atoms with Crippen molar-refractivity contribution in [2.24, 2.45) is 5.73 Å². The Bertz CT molecular complexity index is 696. The molecule has 0 aliphatic rings. The number of rotatable bonds is 14. The third-order valence-electron chi connectivity index (χ3n) is 4.08. The Morgan fingerprint density at radius 2 is 1.29 bits per heavy atom. The van der Waals surface area contributed by atoms with Gasteiger partial charge in [-0.25, -0.2) is 4.79 Å². The van der Waals surface area contributed by atoms with Crippen molar-refractivity contribution in [2.75, 3.05) is 0 Å². The molecular formula is C17H28N4O10. The van der Waals surface area contributed by atoms with Gasteiger partial charge in [-0.05, 0) is 26.7 Å². The fourth-order valence-corrected chi connectivity index (χ4v) is 2.27. The molecule has 176 valence electrons. The minimum absolute atomic E-state index is 0.166. The van der Waals surface area contributed by atoms with Crippen molar-refractivity contribution in [3.63, 3.8) is 0 Å². The number of hydrogen-bond donors (Lipinski definition) is 8. The van der Waals surface area contributed by atoms with Gasteiger partial charge in [0, 0.05) is 12.8 Å². The Balaban J connectivity index is 4.99. The Hall–Kier alpha value is -3.26. The molecule has 0 fully saturated rings. The van der Waals surface area contributed by atoms with E-state index in [9.17, 15) is 33.9 Å². The number of aliphatic carboxylic acids is 3. The average Bonchev–Trinajstić information content (AvgIpc) is 2.65. The number of aliphatic hydroxyl groups is 1. The average molecular weight is 448 g/mol. The maximum Gasteiger partial charge on any atom is 0.326 e. The van der Waals surface area contributed by atoms with Gasteiger partial charge in [0.2, 0.25) is 17.7 Å². The zero-order chi connectivity index (χ0) is 24.3. The van der Waals surface area contributed by atoms with Gasteiger partial charge in [-0.2, -0.15) is 0 Å². The van der Waals surface area contributed by atoms with E-state index < -0.39 is 78.7 Å². The van der Waals surface area contributed by atoms with E-state index in [-0.39, 0.29) is 12.8 Å². The minimum Gasteiger partial charge on any atom is -0.481 e. The van der Waals surface area contributed by atoms with Crippen LogP contribution in [0, 0.1) is 0 Å². The Morgan fingerprint density at radius 1 is 0.774 bits per heavy atom. The normalized spacial score (nSPS) is 15.5. The minimum atomic E-state index is -1.60. The SMILES string of the molecule is CC(NC(=O)C(N)CCC(=O)O)C(=O)NC(C(=O)NC(CCC(=O)O)C(=O)O)C(C)O. The Morgan fingerprint density at radius 3 is 1.74 bits per heavy atom. The topological polar surface area (TPSA) is 245 Å². The number of aliphatic hydroxyl groups excluding tert-OH is 1. The first-order valence-electron chi connectivity index (χ1n) is 9.27. The van der Waals surface area contributed by atoms with E-state index in [1.54, 1.807) is 0 Å². The summed E-state index contributed by atoms with van der Waals surface area (Å²) in [5, 5.41) is 42.6. The first-order chi connectivity index (χ1) is 14.3. The van der Waals surface area contributed by atoms with Crippen LogP contribution in [-0.4, -0.2) is 86.3 Å². The van der Waals surface area contributed by atoms with Gasteiger partial charge in [0.1, 0.15) is 18.1 Å². The van der Waals surface area contributed by atoms with Crippen molar-refractivity contribution in [1.82, 2.24) is 16.0 Å². The predicted molar refractivity (Wildman–Crippen MR) is 102 cm³/mol. The summed E-state index contributed by atoms with van der Waals surface area (Å²) in [5.41, 5.74) is 5.54. The standard InChI is InChI=1S/C17H28N4O10/c1-7(19-15(28)9(18)3-5-11(23)24)14(27)21-13(8(2)22)16(29)20-10(17(30)31)4-6-12(25)26/h7-10,13,22H,3-6,18H2,1-2H3,(H,19,28)(H,20,29)(H,21,27)(H,23,24)(H,25,26)(H,30,31). The lowest BCUT2D eigenvalue weighted by Gasteiger charge is -2.25. The smallest absolute Gasteiger partial charge is 0.326 e. The van der Waals surface area contributed by atoms with Crippen molar-refractivity contribution in [3.8, 4) is 0 Å². The summed E-state index contributed by atoms with van der Waals surface area (Å²) >= 11 is 0. The fraction of sp³-hybridized carbons (Fsp3) is 0.647. The van der Waals surface area contributed by atoms with Crippen LogP contribution in [0.2, 0.25) is 0 Å². The van der Waals surface area contributed by atoms with Crippen LogP contribution in [0.4, 0.5) is 0 Å². The molecule has 9 N–H and O–H groups in total. The van der Waals surface area contributed by atoms with Gasteiger partial charge in [0.05, 0.1) is 12.1 Å². The number of hydrogen-bond acceptors (Lipinski definition) is 8. The highest BCUT2D eigenvalue weighted by molar-refractivity contribution is 5.94. The molecule has 0 rings (SSSR count). The highest BCUT2D eigenvalue weighted by atomic mass is 16.4. The van der Waals surface area contributed by atoms with E-state index >= 15 is 0 Å². The molecule has 5 unspecified atom stereocenters. The van der Waals surface area contributed by atoms with Crippen LogP contribution < -0.4 is 21.7 Å². The Kier molecular flexibility index (Phi) is 11.7. The lowest BCUT2D eigenvalue weighted by atomic mass is 10.1. The first-order valence-corrected chi connectivity index (χ1v) is 9.27. The lowest BCUT2D eigenvalue weighted by molar-refractivity contribution is -0.144. The summed E-state index contributed by atoms with van der Waals surface area (Å²) in [6, 6.07) is -5.57. The van der Waals surface area contributed by atoms with Crippen LogP contribution in [0.3, 0.4) is 0 Å². The molecule has 5 atom stereocenters. The summed E-state index contributed by atoms with van der Waals surface area (Å²) < 4.78 is 0. The number of nitrogens with one attached hydrogen (secondary N) is 3. The van der Waals surface area contributed by atoms with Crippen molar-refractivity contribution in [3.05, 3.63) is 0 Å².